The molecule has 0 bridgehead atoms. The minimum Gasteiger partial charge on any atom is -0.497 e. The quantitative estimate of drug-likeness (QED) is 0.881. The van der Waals surface area contributed by atoms with E-state index in [9.17, 15) is 9.59 Å². The second kappa shape index (κ2) is 7.38. The molecule has 1 N–H and O–H groups in total. The summed E-state index contributed by atoms with van der Waals surface area (Å²) in [5.41, 5.74) is 2.26. The first kappa shape index (κ1) is 17.0. The van der Waals surface area contributed by atoms with Gasteiger partial charge >= 0.3 is 0 Å². The number of carbonyl (C=O) groups excluding carboxylic acids is 2. The number of benzene rings is 2. The molecule has 2 amide bonds. The van der Waals surface area contributed by atoms with Crippen LogP contribution in [0.4, 0.5) is 0 Å². The van der Waals surface area contributed by atoms with Crippen LogP contribution in [0.1, 0.15) is 39.1 Å². The molecule has 25 heavy (non-hydrogen) atoms. The van der Waals surface area contributed by atoms with Gasteiger partial charge in [-0.3, -0.25) is 9.59 Å². The lowest BCUT2D eigenvalue weighted by molar-refractivity contribution is 0.0729. The first-order valence-corrected chi connectivity index (χ1v) is 8.38. The standard InChI is InChI=1S/C20H22N2O3/c1-21-19(23)15-8-6-14(7-9-15)13-22(17-10-11-17)20(24)16-4-3-5-18(12-16)25-2/h3-9,12,17H,10-11,13H2,1-2H3,(H,21,23). The Morgan fingerprint density at radius 3 is 2.44 bits per heavy atom. The van der Waals surface area contributed by atoms with Crippen LogP contribution in [0.5, 0.6) is 5.75 Å². The van der Waals surface area contributed by atoms with Crippen molar-refractivity contribution in [2.45, 2.75) is 25.4 Å². The van der Waals surface area contributed by atoms with Crippen LogP contribution in [0.15, 0.2) is 48.5 Å². The second-order valence-electron chi connectivity index (χ2n) is 6.17. The van der Waals surface area contributed by atoms with Crippen molar-refractivity contribution < 1.29 is 14.3 Å². The third-order valence-corrected chi connectivity index (χ3v) is 4.36. The number of hydrogen-bond acceptors (Lipinski definition) is 3. The molecule has 1 saturated carbocycles. The van der Waals surface area contributed by atoms with Crippen molar-refractivity contribution in [3.8, 4) is 5.75 Å². The van der Waals surface area contributed by atoms with Crippen molar-refractivity contribution in [3.63, 3.8) is 0 Å². The van der Waals surface area contributed by atoms with Crippen LogP contribution >= 0.6 is 0 Å². The van der Waals surface area contributed by atoms with Gasteiger partial charge in [0, 0.05) is 30.8 Å². The minimum atomic E-state index is -0.113. The Bertz CT molecular complexity index is 767. The van der Waals surface area contributed by atoms with Crippen LogP contribution in [0.3, 0.4) is 0 Å². The summed E-state index contributed by atoms with van der Waals surface area (Å²) in [5, 5.41) is 2.60. The van der Waals surface area contributed by atoms with E-state index in [1.807, 2.05) is 35.2 Å². The summed E-state index contributed by atoms with van der Waals surface area (Å²) < 4.78 is 5.22. The molecule has 3 rings (SSSR count). The van der Waals surface area contributed by atoms with E-state index in [-0.39, 0.29) is 17.9 Å². The molecule has 0 aliphatic heterocycles. The number of amides is 2. The van der Waals surface area contributed by atoms with E-state index in [1.165, 1.54) is 0 Å². The Hall–Kier alpha value is -2.82. The summed E-state index contributed by atoms with van der Waals surface area (Å²) >= 11 is 0. The summed E-state index contributed by atoms with van der Waals surface area (Å²) in [5.74, 6) is 0.575. The number of methoxy groups -OCH3 is 1. The molecule has 1 aliphatic carbocycles. The van der Waals surface area contributed by atoms with Crippen LogP contribution in [0, 0.1) is 0 Å². The number of carbonyl (C=O) groups is 2. The van der Waals surface area contributed by atoms with E-state index in [2.05, 4.69) is 5.32 Å². The van der Waals surface area contributed by atoms with E-state index in [1.54, 1.807) is 32.4 Å². The van der Waals surface area contributed by atoms with Crippen LogP contribution < -0.4 is 10.1 Å². The van der Waals surface area contributed by atoms with Gasteiger partial charge in [0.2, 0.25) is 0 Å². The highest BCUT2D eigenvalue weighted by Crippen LogP contribution is 2.30. The van der Waals surface area contributed by atoms with Crippen molar-refractivity contribution in [2.75, 3.05) is 14.2 Å². The number of rotatable bonds is 6. The predicted octanol–water partition coefficient (Wildman–Crippen LogP) is 2.86. The molecule has 0 atom stereocenters. The Morgan fingerprint density at radius 2 is 1.84 bits per heavy atom. The fourth-order valence-electron chi connectivity index (χ4n) is 2.78. The molecule has 0 heterocycles. The zero-order valence-corrected chi connectivity index (χ0v) is 14.5. The highest BCUT2D eigenvalue weighted by Gasteiger charge is 2.33. The largest absolute Gasteiger partial charge is 0.497 e. The van der Waals surface area contributed by atoms with Crippen molar-refractivity contribution in [3.05, 3.63) is 65.2 Å². The van der Waals surface area contributed by atoms with Gasteiger partial charge in [-0.1, -0.05) is 18.2 Å². The van der Waals surface area contributed by atoms with Crippen LogP contribution in [0.2, 0.25) is 0 Å². The van der Waals surface area contributed by atoms with Gasteiger partial charge in [0.25, 0.3) is 11.8 Å². The maximum absolute atomic E-state index is 12.9. The normalized spacial score (nSPS) is 13.2. The lowest BCUT2D eigenvalue weighted by Crippen LogP contribution is -2.32. The lowest BCUT2D eigenvalue weighted by Gasteiger charge is -2.23. The summed E-state index contributed by atoms with van der Waals surface area (Å²) in [6.07, 6.45) is 2.07. The van der Waals surface area contributed by atoms with Crippen LogP contribution in [-0.4, -0.2) is 36.9 Å². The van der Waals surface area contributed by atoms with Gasteiger partial charge in [-0.15, -0.1) is 0 Å². The Balaban J connectivity index is 1.77. The van der Waals surface area contributed by atoms with E-state index in [0.717, 1.165) is 18.4 Å². The molecule has 2 aromatic rings. The molecule has 0 saturated heterocycles. The van der Waals surface area contributed by atoms with Crippen molar-refractivity contribution >= 4 is 11.8 Å². The highest BCUT2D eigenvalue weighted by atomic mass is 16.5. The molecule has 130 valence electrons. The molecule has 2 aromatic carbocycles. The van der Waals surface area contributed by atoms with Gasteiger partial charge in [0.05, 0.1) is 7.11 Å². The fraction of sp³-hybridized carbons (Fsp3) is 0.300. The topological polar surface area (TPSA) is 58.6 Å². The Kier molecular flexibility index (Phi) is 5.03. The molecule has 0 unspecified atom stereocenters. The monoisotopic (exact) mass is 338 g/mol. The average Bonchev–Trinajstić information content (AvgIpc) is 3.50. The Morgan fingerprint density at radius 1 is 1.12 bits per heavy atom. The zero-order valence-electron chi connectivity index (χ0n) is 14.5. The van der Waals surface area contributed by atoms with E-state index < -0.39 is 0 Å². The van der Waals surface area contributed by atoms with E-state index >= 15 is 0 Å². The molecule has 0 aromatic heterocycles. The maximum Gasteiger partial charge on any atom is 0.254 e. The van der Waals surface area contributed by atoms with Crippen molar-refractivity contribution in [2.24, 2.45) is 0 Å². The van der Waals surface area contributed by atoms with Crippen molar-refractivity contribution in [1.29, 1.82) is 0 Å². The van der Waals surface area contributed by atoms with E-state index in [0.29, 0.717) is 23.4 Å². The predicted molar refractivity (Wildman–Crippen MR) is 95.7 cm³/mol. The summed E-state index contributed by atoms with van der Waals surface area (Å²) in [6, 6.07) is 14.9. The molecular formula is C20H22N2O3. The molecule has 5 nitrogen and oxygen atoms in total. The number of ether oxygens (including phenoxy) is 1. The van der Waals surface area contributed by atoms with E-state index in [4.69, 9.17) is 4.74 Å². The third-order valence-electron chi connectivity index (χ3n) is 4.36. The maximum atomic E-state index is 12.9. The first-order valence-electron chi connectivity index (χ1n) is 8.38. The zero-order chi connectivity index (χ0) is 17.8. The number of hydrogen-bond donors (Lipinski definition) is 1. The molecule has 1 aliphatic rings. The SMILES string of the molecule is CNC(=O)c1ccc(CN(C(=O)c2cccc(OC)c2)C2CC2)cc1. The Labute approximate surface area is 147 Å². The smallest absolute Gasteiger partial charge is 0.254 e. The number of nitrogens with one attached hydrogen (secondary N) is 1. The van der Waals surface area contributed by atoms with Gasteiger partial charge in [-0.2, -0.15) is 0 Å². The molecule has 0 spiro atoms. The second-order valence-corrected chi connectivity index (χ2v) is 6.17. The first-order chi connectivity index (χ1) is 12.1. The molecule has 1 fully saturated rings. The fourth-order valence-corrected chi connectivity index (χ4v) is 2.78. The van der Waals surface area contributed by atoms with Gasteiger partial charge in [-0.25, -0.2) is 0 Å². The number of nitrogens with zero attached hydrogens (tertiary/aromatic N) is 1. The molecule has 0 radical (unpaired) electrons. The van der Waals surface area contributed by atoms with Gasteiger partial charge in [0.15, 0.2) is 0 Å². The van der Waals surface area contributed by atoms with Crippen LogP contribution in [0.25, 0.3) is 0 Å². The third kappa shape index (κ3) is 3.99. The lowest BCUT2D eigenvalue weighted by atomic mass is 10.1. The van der Waals surface area contributed by atoms with Gasteiger partial charge in [0.1, 0.15) is 5.75 Å². The van der Waals surface area contributed by atoms with Gasteiger partial charge < -0.3 is 15.0 Å². The van der Waals surface area contributed by atoms with Crippen LogP contribution in [-0.2, 0) is 6.54 Å². The minimum absolute atomic E-state index is 0.0109. The highest BCUT2D eigenvalue weighted by molar-refractivity contribution is 5.95. The average molecular weight is 338 g/mol. The summed E-state index contributed by atoms with van der Waals surface area (Å²) in [4.78, 5) is 26.5. The van der Waals surface area contributed by atoms with Crippen molar-refractivity contribution in [1.82, 2.24) is 10.2 Å². The van der Waals surface area contributed by atoms with Gasteiger partial charge in [-0.05, 0) is 48.7 Å². The molecular weight excluding hydrogens is 316 g/mol. The summed E-state index contributed by atoms with van der Waals surface area (Å²) in [6.45, 7) is 0.536. The summed E-state index contributed by atoms with van der Waals surface area (Å²) in [7, 11) is 3.20. The molecule has 5 heteroatoms.